The van der Waals surface area contributed by atoms with Gasteiger partial charge in [0, 0.05) is 18.7 Å². The van der Waals surface area contributed by atoms with Gasteiger partial charge in [0.2, 0.25) is 17.7 Å². The van der Waals surface area contributed by atoms with Gasteiger partial charge in [0.15, 0.2) is 0 Å². The number of aromatic nitrogens is 2. The second kappa shape index (κ2) is 15.8. The Bertz CT molecular complexity index is 1590. The number of imidazole rings is 1. The molecule has 46 heavy (non-hydrogen) atoms. The van der Waals surface area contributed by atoms with Crippen molar-refractivity contribution in [2.24, 2.45) is 5.92 Å². The molecule has 0 aliphatic carbocycles. The number of carbonyl (C=O) groups excluding carboxylic acids is 4. The molecule has 244 valence electrons. The number of nitrogens with one attached hydrogen (secondary N) is 4. The molecule has 0 radical (unpaired) electrons. The highest BCUT2D eigenvalue weighted by Gasteiger charge is 2.32. The van der Waals surface area contributed by atoms with E-state index in [0.29, 0.717) is 6.42 Å². The van der Waals surface area contributed by atoms with E-state index in [1.54, 1.807) is 38.1 Å². The van der Waals surface area contributed by atoms with Crippen LogP contribution in [0.4, 0.5) is 11.4 Å². The molecule has 0 saturated heterocycles. The standard InChI is InChI=1S/C29H34N8O9/c1-4-17(2)26(33-27(39)18(3)31-25(38)12-19-8-6-5-7-9-19)29(41)32-22(28(40)34-42)13-20-15-35(16-30-20)23-11-10-21(36(43)44)14-24(23)37(45)46/h5-11,14-18,22,26,42H,4,12-13H2,1-3H3,(H,31,38)(H,32,41)(H,33,39)(H,34,40)/t17-,18-,22+,26-/m0/s1. The van der Waals surface area contributed by atoms with Gasteiger partial charge in [-0.1, -0.05) is 50.6 Å². The van der Waals surface area contributed by atoms with Crippen LogP contribution in [0.3, 0.4) is 0 Å². The van der Waals surface area contributed by atoms with Crippen molar-refractivity contribution in [3.8, 4) is 5.69 Å². The molecule has 1 heterocycles. The van der Waals surface area contributed by atoms with Gasteiger partial charge in [-0.2, -0.15) is 0 Å². The van der Waals surface area contributed by atoms with Gasteiger partial charge in [-0.3, -0.25) is 49.2 Å². The summed E-state index contributed by atoms with van der Waals surface area (Å²) in [5.41, 5.74) is 1.32. The Morgan fingerprint density at radius 1 is 0.935 bits per heavy atom. The van der Waals surface area contributed by atoms with Crippen LogP contribution in [0, 0.1) is 26.1 Å². The molecule has 17 heteroatoms. The van der Waals surface area contributed by atoms with Crippen molar-refractivity contribution in [1.82, 2.24) is 31.0 Å². The number of hydrogen-bond donors (Lipinski definition) is 5. The molecule has 0 aliphatic rings. The van der Waals surface area contributed by atoms with Crippen molar-refractivity contribution >= 4 is 35.0 Å². The predicted octanol–water partition coefficient (Wildman–Crippen LogP) is 1.50. The van der Waals surface area contributed by atoms with E-state index in [1.807, 2.05) is 6.07 Å². The fraction of sp³-hybridized carbons (Fsp3) is 0.345. The number of nitro groups is 2. The van der Waals surface area contributed by atoms with Crippen molar-refractivity contribution in [3.05, 3.63) is 92.5 Å². The first-order chi connectivity index (χ1) is 21.8. The first-order valence-electron chi connectivity index (χ1n) is 14.2. The summed E-state index contributed by atoms with van der Waals surface area (Å²) in [6, 6.07) is 8.50. The highest BCUT2D eigenvalue weighted by molar-refractivity contribution is 5.94. The normalized spacial score (nSPS) is 13.4. The third-order valence-electron chi connectivity index (χ3n) is 7.21. The molecule has 0 unspecified atom stereocenters. The predicted molar refractivity (Wildman–Crippen MR) is 162 cm³/mol. The average Bonchev–Trinajstić information content (AvgIpc) is 3.50. The van der Waals surface area contributed by atoms with Gasteiger partial charge in [-0.25, -0.2) is 10.5 Å². The molecule has 0 aliphatic heterocycles. The first kappa shape index (κ1) is 34.8. The van der Waals surface area contributed by atoms with Crippen LogP contribution in [0.1, 0.15) is 38.4 Å². The molecule has 0 bridgehead atoms. The highest BCUT2D eigenvalue weighted by atomic mass is 16.6. The minimum atomic E-state index is -1.39. The Morgan fingerprint density at radius 3 is 2.24 bits per heavy atom. The number of benzene rings is 2. The van der Waals surface area contributed by atoms with E-state index in [2.05, 4.69) is 20.9 Å². The molecule has 5 N–H and O–H groups in total. The van der Waals surface area contributed by atoms with Gasteiger partial charge in [0.25, 0.3) is 17.3 Å². The molecule has 0 fully saturated rings. The van der Waals surface area contributed by atoms with Crippen molar-refractivity contribution in [3.63, 3.8) is 0 Å². The zero-order valence-corrected chi connectivity index (χ0v) is 25.2. The molecule has 1 aromatic heterocycles. The summed E-state index contributed by atoms with van der Waals surface area (Å²) in [7, 11) is 0. The number of carbonyl (C=O) groups is 4. The molecular weight excluding hydrogens is 604 g/mol. The maximum absolute atomic E-state index is 13.4. The summed E-state index contributed by atoms with van der Waals surface area (Å²) in [4.78, 5) is 76.5. The Labute approximate surface area is 262 Å². The molecule has 3 rings (SSSR count). The second-order valence-corrected chi connectivity index (χ2v) is 10.5. The maximum atomic E-state index is 13.4. The van der Waals surface area contributed by atoms with Crippen LogP contribution in [-0.4, -0.2) is 66.4 Å². The largest absolute Gasteiger partial charge is 0.344 e. The average molecular weight is 639 g/mol. The second-order valence-electron chi connectivity index (χ2n) is 10.5. The summed E-state index contributed by atoms with van der Waals surface area (Å²) in [5, 5.41) is 39.7. The minimum Gasteiger partial charge on any atom is -0.344 e. The third kappa shape index (κ3) is 9.15. The van der Waals surface area contributed by atoms with Crippen LogP contribution >= 0.6 is 0 Å². The lowest BCUT2D eigenvalue weighted by Crippen LogP contribution is -2.58. The van der Waals surface area contributed by atoms with E-state index < -0.39 is 68.9 Å². The summed E-state index contributed by atoms with van der Waals surface area (Å²) in [6.45, 7) is 4.98. The zero-order chi connectivity index (χ0) is 34.0. The summed E-state index contributed by atoms with van der Waals surface area (Å²) in [6.07, 6.45) is 2.75. The van der Waals surface area contributed by atoms with Gasteiger partial charge in [-0.15, -0.1) is 0 Å². The van der Waals surface area contributed by atoms with Crippen LogP contribution in [-0.2, 0) is 32.0 Å². The molecule has 2 aromatic carbocycles. The van der Waals surface area contributed by atoms with E-state index in [9.17, 15) is 44.6 Å². The molecule has 3 aromatic rings. The Kier molecular flexibility index (Phi) is 12.0. The van der Waals surface area contributed by atoms with Gasteiger partial charge in [0.1, 0.15) is 23.8 Å². The van der Waals surface area contributed by atoms with Crippen molar-refractivity contribution in [2.45, 2.75) is 58.2 Å². The molecule has 4 atom stereocenters. The highest BCUT2D eigenvalue weighted by Crippen LogP contribution is 2.28. The maximum Gasteiger partial charge on any atom is 0.300 e. The SMILES string of the molecule is CC[C@H](C)[C@H](NC(=O)[C@H](C)NC(=O)Cc1ccccc1)C(=O)N[C@H](Cc1cn(-c2ccc([N+](=O)[O-])cc2[N+](=O)[O-])cn1)C(=O)NO. The van der Waals surface area contributed by atoms with Crippen LogP contribution < -0.4 is 21.4 Å². The summed E-state index contributed by atoms with van der Waals surface area (Å²) < 4.78 is 1.22. The van der Waals surface area contributed by atoms with E-state index in [4.69, 9.17) is 0 Å². The first-order valence-corrected chi connectivity index (χ1v) is 14.2. The van der Waals surface area contributed by atoms with Crippen molar-refractivity contribution in [2.75, 3.05) is 0 Å². The van der Waals surface area contributed by atoms with E-state index in [-0.39, 0.29) is 24.2 Å². The number of non-ortho nitro benzene ring substituents is 1. The van der Waals surface area contributed by atoms with Gasteiger partial charge < -0.3 is 16.0 Å². The summed E-state index contributed by atoms with van der Waals surface area (Å²) in [5.74, 6) is -3.18. The molecular formula is C29H34N8O9. The van der Waals surface area contributed by atoms with Crippen LogP contribution in [0.15, 0.2) is 61.1 Å². The molecule has 0 spiro atoms. The Hall–Kier alpha value is -5.71. The number of nitrogens with zero attached hydrogens (tertiary/aromatic N) is 4. The lowest BCUT2D eigenvalue weighted by Gasteiger charge is -2.27. The van der Waals surface area contributed by atoms with Crippen LogP contribution in [0.25, 0.3) is 5.69 Å². The van der Waals surface area contributed by atoms with E-state index in [1.165, 1.54) is 35.6 Å². The van der Waals surface area contributed by atoms with E-state index >= 15 is 0 Å². The van der Waals surface area contributed by atoms with Crippen molar-refractivity contribution < 1.29 is 34.2 Å². The lowest BCUT2D eigenvalue weighted by molar-refractivity contribution is -0.394. The van der Waals surface area contributed by atoms with Crippen LogP contribution in [0.5, 0.6) is 0 Å². The zero-order valence-electron chi connectivity index (χ0n) is 25.2. The number of amides is 4. The van der Waals surface area contributed by atoms with Gasteiger partial charge >= 0.3 is 0 Å². The Balaban J connectivity index is 1.73. The van der Waals surface area contributed by atoms with Crippen molar-refractivity contribution in [1.29, 1.82) is 0 Å². The Morgan fingerprint density at radius 2 is 1.63 bits per heavy atom. The topological polar surface area (TPSA) is 241 Å². The lowest BCUT2D eigenvalue weighted by atomic mass is 9.97. The molecule has 17 nitrogen and oxygen atoms in total. The summed E-state index contributed by atoms with van der Waals surface area (Å²) >= 11 is 0. The van der Waals surface area contributed by atoms with Gasteiger partial charge in [0.05, 0.1) is 34.4 Å². The fourth-order valence-electron chi connectivity index (χ4n) is 4.47. The quantitative estimate of drug-likeness (QED) is 0.0912. The smallest absolute Gasteiger partial charge is 0.300 e. The fourth-order valence-corrected chi connectivity index (χ4v) is 4.47. The minimum absolute atomic E-state index is 0.0360. The number of hydroxylamine groups is 1. The monoisotopic (exact) mass is 638 g/mol. The van der Waals surface area contributed by atoms with Crippen LogP contribution in [0.2, 0.25) is 0 Å². The molecule has 0 saturated carbocycles. The molecule has 4 amide bonds. The number of rotatable bonds is 15. The third-order valence-corrected chi connectivity index (χ3v) is 7.21. The number of hydrogen-bond acceptors (Lipinski definition) is 10. The van der Waals surface area contributed by atoms with Gasteiger partial charge in [-0.05, 0) is 24.5 Å². The number of nitro benzene ring substituents is 2. The van der Waals surface area contributed by atoms with E-state index in [0.717, 1.165) is 17.7 Å².